The van der Waals surface area contributed by atoms with Gasteiger partial charge in [0.15, 0.2) is 0 Å². The smallest absolute Gasteiger partial charge is 0.0440 e. The third-order valence-electron chi connectivity index (χ3n) is 5.01. The van der Waals surface area contributed by atoms with Gasteiger partial charge in [0.1, 0.15) is 0 Å². The fourth-order valence-electron chi connectivity index (χ4n) is 3.36. The maximum atomic E-state index is 2.35. The molecule has 136 valence electrons. The molecule has 0 bridgehead atoms. The molecule has 0 N–H and O–H groups in total. The predicted molar refractivity (Wildman–Crippen MR) is 116 cm³/mol. The van der Waals surface area contributed by atoms with Gasteiger partial charge in [-0.3, -0.25) is 0 Å². The van der Waals surface area contributed by atoms with Crippen LogP contribution in [-0.2, 0) is 0 Å². The Morgan fingerprint density at radius 2 is 1.23 bits per heavy atom. The van der Waals surface area contributed by atoms with E-state index >= 15 is 0 Å². The number of benzene rings is 2. The molecule has 0 unspecified atom stereocenters. The lowest BCUT2D eigenvalue weighted by atomic mass is 9.84. The van der Waals surface area contributed by atoms with Crippen molar-refractivity contribution in [3.8, 4) is 0 Å². The first-order valence-corrected chi connectivity index (χ1v) is 9.85. The average molecular weight is 365 g/mol. The molecule has 0 spiro atoms. The van der Waals surface area contributed by atoms with E-state index in [-0.39, 0.29) is 5.92 Å². The molecule has 1 heterocycles. The molecule has 2 nitrogen and oxygen atoms in total. The zero-order valence-electron chi connectivity index (χ0n) is 16.6. The van der Waals surface area contributed by atoms with E-state index in [4.69, 9.17) is 0 Å². The molecule has 0 radical (unpaired) electrons. The number of aryl methyl sites for hydroxylation is 2. The summed E-state index contributed by atoms with van der Waals surface area (Å²) in [6.45, 7) is 4.45. The molecule has 0 saturated heterocycles. The van der Waals surface area contributed by atoms with E-state index in [2.05, 4.69) is 106 Å². The standard InChI is InChI=1S/C23H28N2S/c1-16-9-11-18(24(3)4)14-20(16)23(22-8-7-13-26-22)21-15-19(25(5)6)12-10-17(21)2/h7-15,23H,1-6H3. The molecule has 2 aromatic carbocycles. The van der Waals surface area contributed by atoms with Crippen LogP contribution < -0.4 is 9.80 Å². The van der Waals surface area contributed by atoms with E-state index in [0.717, 1.165) is 0 Å². The highest BCUT2D eigenvalue weighted by Crippen LogP contribution is 2.40. The Balaban J connectivity index is 2.24. The number of hydrogen-bond acceptors (Lipinski definition) is 3. The fraction of sp³-hybridized carbons (Fsp3) is 0.304. The molecular formula is C23H28N2S. The van der Waals surface area contributed by atoms with Gasteiger partial charge in [-0.05, 0) is 71.8 Å². The molecule has 0 aliphatic heterocycles. The summed E-state index contributed by atoms with van der Waals surface area (Å²) in [5, 5.41) is 2.18. The first kappa shape index (κ1) is 18.5. The second-order valence-electron chi connectivity index (χ2n) is 7.32. The van der Waals surface area contributed by atoms with Crippen molar-refractivity contribution >= 4 is 22.7 Å². The highest BCUT2D eigenvalue weighted by Gasteiger charge is 2.22. The number of nitrogens with zero attached hydrogens (tertiary/aromatic N) is 2. The van der Waals surface area contributed by atoms with Gasteiger partial charge in [-0.15, -0.1) is 11.3 Å². The Bertz CT molecular complexity index is 822. The van der Waals surface area contributed by atoms with Gasteiger partial charge in [0.25, 0.3) is 0 Å². The molecule has 1 aromatic heterocycles. The Morgan fingerprint density at radius 3 is 1.62 bits per heavy atom. The van der Waals surface area contributed by atoms with Crippen LogP contribution in [-0.4, -0.2) is 28.2 Å². The lowest BCUT2D eigenvalue weighted by molar-refractivity contribution is 0.963. The van der Waals surface area contributed by atoms with Gasteiger partial charge in [0.2, 0.25) is 0 Å². The number of rotatable bonds is 5. The van der Waals surface area contributed by atoms with Crippen LogP contribution in [0.1, 0.15) is 33.0 Å². The minimum absolute atomic E-state index is 0.259. The molecule has 0 atom stereocenters. The van der Waals surface area contributed by atoms with Gasteiger partial charge in [0.05, 0.1) is 0 Å². The van der Waals surface area contributed by atoms with Crippen molar-refractivity contribution < 1.29 is 0 Å². The van der Waals surface area contributed by atoms with Crippen molar-refractivity contribution in [1.82, 2.24) is 0 Å². The molecule has 0 saturated carbocycles. The second-order valence-corrected chi connectivity index (χ2v) is 8.30. The summed E-state index contributed by atoms with van der Waals surface area (Å²) >= 11 is 1.84. The van der Waals surface area contributed by atoms with E-state index in [1.54, 1.807) is 0 Å². The number of thiophene rings is 1. The number of anilines is 2. The highest BCUT2D eigenvalue weighted by molar-refractivity contribution is 7.10. The third kappa shape index (κ3) is 3.63. The second kappa shape index (κ2) is 7.55. The molecule has 0 aliphatic carbocycles. The van der Waals surface area contributed by atoms with Crippen LogP contribution in [0.5, 0.6) is 0 Å². The van der Waals surface area contributed by atoms with Crippen molar-refractivity contribution in [2.24, 2.45) is 0 Å². The highest BCUT2D eigenvalue weighted by atomic mass is 32.1. The van der Waals surface area contributed by atoms with Crippen molar-refractivity contribution in [1.29, 1.82) is 0 Å². The summed E-state index contributed by atoms with van der Waals surface area (Å²) < 4.78 is 0. The summed E-state index contributed by atoms with van der Waals surface area (Å²) in [6.07, 6.45) is 0. The van der Waals surface area contributed by atoms with Crippen LogP contribution in [0.25, 0.3) is 0 Å². The molecule has 3 heteroatoms. The van der Waals surface area contributed by atoms with Crippen molar-refractivity contribution in [2.75, 3.05) is 38.0 Å². The van der Waals surface area contributed by atoms with Gasteiger partial charge in [0, 0.05) is 50.4 Å². The maximum Gasteiger partial charge on any atom is 0.0440 e. The van der Waals surface area contributed by atoms with Crippen molar-refractivity contribution in [2.45, 2.75) is 19.8 Å². The van der Waals surface area contributed by atoms with Gasteiger partial charge in [-0.2, -0.15) is 0 Å². The van der Waals surface area contributed by atoms with E-state index in [1.807, 2.05) is 11.3 Å². The van der Waals surface area contributed by atoms with Gasteiger partial charge < -0.3 is 9.80 Å². The topological polar surface area (TPSA) is 6.48 Å². The van der Waals surface area contributed by atoms with Crippen LogP contribution in [0.15, 0.2) is 53.9 Å². The van der Waals surface area contributed by atoms with E-state index in [9.17, 15) is 0 Å². The van der Waals surface area contributed by atoms with Crippen LogP contribution in [0, 0.1) is 13.8 Å². The lowest BCUT2D eigenvalue weighted by Gasteiger charge is -2.25. The molecular weight excluding hydrogens is 336 g/mol. The van der Waals surface area contributed by atoms with Crippen LogP contribution in [0.3, 0.4) is 0 Å². The summed E-state index contributed by atoms with van der Waals surface area (Å²) in [4.78, 5) is 5.75. The van der Waals surface area contributed by atoms with Gasteiger partial charge in [-0.1, -0.05) is 18.2 Å². The minimum Gasteiger partial charge on any atom is -0.378 e. The van der Waals surface area contributed by atoms with Gasteiger partial charge in [-0.25, -0.2) is 0 Å². The SMILES string of the molecule is Cc1ccc(N(C)C)cc1C(c1cccs1)c1cc(N(C)C)ccc1C. The first-order chi connectivity index (χ1) is 12.4. The Hall–Kier alpha value is -2.26. The van der Waals surface area contributed by atoms with Crippen molar-refractivity contribution in [3.63, 3.8) is 0 Å². The largest absolute Gasteiger partial charge is 0.378 e. The normalized spacial score (nSPS) is 11.0. The molecule has 3 aromatic rings. The monoisotopic (exact) mass is 364 g/mol. The zero-order chi connectivity index (χ0) is 18.8. The Labute approximate surface area is 161 Å². The van der Waals surface area contributed by atoms with E-state index in [0.29, 0.717) is 0 Å². The van der Waals surface area contributed by atoms with E-state index < -0.39 is 0 Å². The van der Waals surface area contributed by atoms with Crippen LogP contribution >= 0.6 is 11.3 Å². The molecule has 0 fully saturated rings. The molecule has 0 amide bonds. The molecule has 3 rings (SSSR count). The zero-order valence-corrected chi connectivity index (χ0v) is 17.4. The predicted octanol–water partition coefficient (Wildman–Crippen LogP) is 5.68. The fourth-order valence-corrected chi connectivity index (χ4v) is 4.23. The number of hydrogen-bond donors (Lipinski definition) is 0. The minimum atomic E-state index is 0.259. The summed E-state index contributed by atoms with van der Waals surface area (Å²) in [5.74, 6) is 0.259. The molecule has 26 heavy (non-hydrogen) atoms. The average Bonchev–Trinajstić information content (AvgIpc) is 3.12. The molecule has 0 aliphatic rings. The summed E-state index contributed by atoms with van der Waals surface area (Å²) in [7, 11) is 8.41. The lowest BCUT2D eigenvalue weighted by Crippen LogP contribution is -2.13. The first-order valence-electron chi connectivity index (χ1n) is 8.97. The maximum absolute atomic E-state index is 2.35. The van der Waals surface area contributed by atoms with Crippen molar-refractivity contribution in [3.05, 3.63) is 81.0 Å². The summed E-state index contributed by atoms with van der Waals surface area (Å²) in [6, 6.07) is 18.0. The Morgan fingerprint density at radius 1 is 0.731 bits per heavy atom. The van der Waals surface area contributed by atoms with Crippen LogP contribution in [0.2, 0.25) is 0 Å². The van der Waals surface area contributed by atoms with E-state index in [1.165, 1.54) is 38.5 Å². The van der Waals surface area contributed by atoms with Crippen LogP contribution in [0.4, 0.5) is 11.4 Å². The summed E-state index contributed by atoms with van der Waals surface area (Å²) in [5.41, 5.74) is 7.93. The van der Waals surface area contributed by atoms with Gasteiger partial charge >= 0.3 is 0 Å². The third-order valence-corrected chi connectivity index (χ3v) is 5.95. The quantitative estimate of drug-likeness (QED) is 0.575. The Kier molecular flexibility index (Phi) is 5.38.